The van der Waals surface area contributed by atoms with Gasteiger partial charge in [-0.05, 0) is 6.92 Å². The monoisotopic (exact) mass is 238 g/mol. The van der Waals surface area contributed by atoms with E-state index in [0.717, 1.165) is 0 Å². The van der Waals surface area contributed by atoms with Crippen LogP contribution in [-0.2, 0) is 14.2 Å². The van der Waals surface area contributed by atoms with Crippen LogP contribution in [0, 0.1) is 0 Å². The van der Waals surface area contributed by atoms with Crippen molar-refractivity contribution in [3.63, 3.8) is 0 Å². The Morgan fingerprint density at radius 1 is 1.12 bits per heavy atom. The summed E-state index contributed by atoms with van der Waals surface area (Å²) in [5, 5.41) is 0. The third-order valence-corrected chi connectivity index (χ3v) is 2.79. The third kappa shape index (κ3) is 2.72. The Hall–Kier alpha value is -1.23. The van der Waals surface area contributed by atoms with Gasteiger partial charge in [-0.2, -0.15) is 0 Å². The lowest BCUT2D eigenvalue weighted by atomic mass is 9.93. The fraction of sp³-hybridized carbons (Fsp3) is 0.462. The average Bonchev–Trinajstić information content (AvgIpc) is 2.39. The zero-order chi connectivity index (χ0) is 12.9. The molecule has 1 aromatic carbocycles. The summed E-state index contributed by atoms with van der Waals surface area (Å²) in [6, 6.07) is 8.94. The van der Waals surface area contributed by atoms with Crippen LogP contribution in [0.25, 0.3) is 0 Å². The molecule has 0 radical (unpaired) electrons. The quantitative estimate of drug-likeness (QED) is 0.561. The van der Waals surface area contributed by atoms with Gasteiger partial charge in [0, 0.05) is 26.9 Å². The molecular formula is C13H18O4. The van der Waals surface area contributed by atoms with Crippen molar-refractivity contribution in [2.24, 2.45) is 0 Å². The van der Waals surface area contributed by atoms with Crippen molar-refractivity contribution >= 4 is 5.78 Å². The van der Waals surface area contributed by atoms with Crippen LogP contribution in [0.3, 0.4) is 0 Å². The minimum Gasteiger partial charge on any atom is -0.365 e. The average molecular weight is 238 g/mol. The first-order valence-corrected chi connectivity index (χ1v) is 5.30. The molecule has 0 amide bonds. The number of ketones is 1. The second-order valence-corrected chi connectivity index (χ2v) is 3.81. The first kappa shape index (κ1) is 13.8. The molecule has 1 aromatic rings. The second-order valence-electron chi connectivity index (χ2n) is 3.81. The van der Waals surface area contributed by atoms with Crippen LogP contribution in [0.1, 0.15) is 17.3 Å². The molecule has 0 aromatic heterocycles. The number of hydrogen-bond donors (Lipinski definition) is 0. The topological polar surface area (TPSA) is 44.8 Å². The van der Waals surface area contributed by atoms with Gasteiger partial charge in [-0.1, -0.05) is 30.3 Å². The summed E-state index contributed by atoms with van der Waals surface area (Å²) < 4.78 is 15.6. The highest BCUT2D eigenvalue weighted by Crippen LogP contribution is 2.23. The van der Waals surface area contributed by atoms with Gasteiger partial charge in [0.2, 0.25) is 0 Å². The lowest BCUT2D eigenvalue weighted by Crippen LogP contribution is -2.50. The first-order chi connectivity index (χ1) is 8.10. The van der Waals surface area contributed by atoms with Crippen molar-refractivity contribution < 1.29 is 19.0 Å². The molecule has 4 heteroatoms. The third-order valence-electron chi connectivity index (χ3n) is 2.79. The smallest absolute Gasteiger partial charge is 0.199 e. The molecule has 4 nitrogen and oxygen atoms in total. The molecule has 17 heavy (non-hydrogen) atoms. The standard InChI is InChI=1S/C13H18O4/c1-13(17-4,12(15-2)16-3)11(14)10-8-6-5-7-9-10/h5-9,12H,1-4H3. The molecule has 0 aliphatic heterocycles. The van der Waals surface area contributed by atoms with Crippen LogP contribution in [0.2, 0.25) is 0 Å². The SMILES string of the molecule is COC(OC)C(C)(OC)C(=O)c1ccccc1. The molecule has 0 saturated heterocycles. The molecule has 0 aliphatic rings. The fourth-order valence-corrected chi connectivity index (χ4v) is 1.72. The van der Waals surface area contributed by atoms with Crippen molar-refractivity contribution in [3.05, 3.63) is 35.9 Å². The molecule has 1 rings (SSSR count). The Bertz CT molecular complexity index is 359. The lowest BCUT2D eigenvalue weighted by Gasteiger charge is -2.32. The zero-order valence-electron chi connectivity index (χ0n) is 10.6. The van der Waals surface area contributed by atoms with Crippen molar-refractivity contribution in [2.75, 3.05) is 21.3 Å². The molecule has 1 atom stereocenters. The van der Waals surface area contributed by atoms with Gasteiger partial charge in [0.1, 0.15) is 0 Å². The molecular weight excluding hydrogens is 220 g/mol. The summed E-state index contributed by atoms with van der Waals surface area (Å²) in [6.45, 7) is 1.65. The minimum absolute atomic E-state index is 0.172. The first-order valence-electron chi connectivity index (χ1n) is 5.30. The summed E-state index contributed by atoms with van der Waals surface area (Å²) >= 11 is 0. The van der Waals surface area contributed by atoms with Crippen molar-refractivity contribution in [3.8, 4) is 0 Å². The molecule has 0 bridgehead atoms. The lowest BCUT2D eigenvalue weighted by molar-refractivity contribution is -0.197. The van der Waals surface area contributed by atoms with E-state index in [1.54, 1.807) is 31.2 Å². The minimum atomic E-state index is -1.16. The number of rotatable bonds is 6. The van der Waals surface area contributed by atoms with Gasteiger partial charge in [0.25, 0.3) is 0 Å². The van der Waals surface area contributed by atoms with Crippen LogP contribution in [0.4, 0.5) is 0 Å². The van der Waals surface area contributed by atoms with Crippen LogP contribution in [-0.4, -0.2) is 39.0 Å². The van der Waals surface area contributed by atoms with E-state index >= 15 is 0 Å². The second kappa shape index (κ2) is 5.91. The molecule has 0 aliphatic carbocycles. The largest absolute Gasteiger partial charge is 0.365 e. The Morgan fingerprint density at radius 2 is 1.65 bits per heavy atom. The van der Waals surface area contributed by atoms with Gasteiger partial charge in [-0.25, -0.2) is 0 Å². The van der Waals surface area contributed by atoms with Gasteiger partial charge in [0.15, 0.2) is 17.7 Å². The van der Waals surface area contributed by atoms with E-state index in [1.165, 1.54) is 21.3 Å². The molecule has 0 saturated carbocycles. The number of benzene rings is 1. The van der Waals surface area contributed by atoms with Crippen LogP contribution < -0.4 is 0 Å². The summed E-state index contributed by atoms with van der Waals surface area (Å²) in [6.07, 6.45) is -0.750. The number of methoxy groups -OCH3 is 3. The summed E-state index contributed by atoms with van der Waals surface area (Å²) in [7, 11) is 4.42. The van der Waals surface area contributed by atoms with Crippen molar-refractivity contribution in [1.29, 1.82) is 0 Å². The number of Topliss-reactive ketones (excluding diaryl/α,β-unsaturated/α-hetero) is 1. The number of carbonyl (C=O) groups is 1. The van der Waals surface area contributed by atoms with E-state index in [2.05, 4.69) is 0 Å². The highest BCUT2D eigenvalue weighted by Gasteiger charge is 2.43. The van der Waals surface area contributed by atoms with Crippen molar-refractivity contribution in [2.45, 2.75) is 18.8 Å². The summed E-state index contributed by atoms with van der Waals surface area (Å²) in [5.41, 5.74) is -0.596. The maximum absolute atomic E-state index is 12.4. The Kier molecular flexibility index (Phi) is 4.81. The van der Waals surface area contributed by atoms with Crippen molar-refractivity contribution in [1.82, 2.24) is 0 Å². The highest BCUT2D eigenvalue weighted by molar-refractivity contribution is 6.02. The molecule has 0 N–H and O–H groups in total. The Balaban J connectivity index is 3.05. The summed E-state index contributed by atoms with van der Waals surface area (Å²) in [5.74, 6) is -0.172. The van der Waals surface area contributed by atoms with Crippen LogP contribution in [0.15, 0.2) is 30.3 Å². The normalized spacial score (nSPS) is 14.6. The summed E-state index contributed by atoms with van der Waals surface area (Å²) in [4.78, 5) is 12.4. The maximum Gasteiger partial charge on any atom is 0.199 e. The molecule has 94 valence electrons. The van der Waals surface area contributed by atoms with Crippen LogP contribution >= 0.6 is 0 Å². The molecule has 1 unspecified atom stereocenters. The van der Waals surface area contributed by atoms with Gasteiger partial charge < -0.3 is 14.2 Å². The molecule has 0 fully saturated rings. The number of carbonyl (C=O) groups excluding carboxylic acids is 1. The van der Waals surface area contributed by atoms with E-state index in [1.807, 2.05) is 6.07 Å². The van der Waals surface area contributed by atoms with E-state index in [4.69, 9.17) is 14.2 Å². The Labute approximate surface area is 101 Å². The maximum atomic E-state index is 12.4. The highest BCUT2D eigenvalue weighted by atomic mass is 16.7. The number of ether oxygens (including phenoxy) is 3. The van der Waals surface area contributed by atoms with Crippen LogP contribution in [0.5, 0.6) is 0 Å². The van der Waals surface area contributed by atoms with E-state index < -0.39 is 11.9 Å². The zero-order valence-corrected chi connectivity index (χ0v) is 10.6. The predicted molar refractivity (Wildman–Crippen MR) is 64.0 cm³/mol. The Morgan fingerprint density at radius 3 is 2.06 bits per heavy atom. The number of hydrogen-bond acceptors (Lipinski definition) is 4. The van der Waals surface area contributed by atoms with Gasteiger partial charge in [0.05, 0.1) is 0 Å². The van der Waals surface area contributed by atoms with Gasteiger partial charge >= 0.3 is 0 Å². The molecule has 0 spiro atoms. The van der Waals surface area contributed by atoms with E-state index in [9.17, 15) is 4.79 Å². The van der Waals surface area contributed by atoms with E-state index in [0.29, 0.717) is 5.56 Å². The van der Waals surface area contributed by atoms with E-state index in [-0.39, 0.29) is 5.78 Å². The molecule has 0 heterocycles. The fourth-order valence-electron chi connectivity index (χ4n) is 1.72. The van der Waals surface area contributed by atoms with Gasteiger partial charge in [-0.3, -0.25) is 4.79 Å². The van der Waals surface area contributed by atoms with Gasteiger partial charge in [-0.15, -0.1) is 0 Å². The predicted octanol–water partition coefficient (Wildman–Crippen LogP) is 1.89.